The Morgan fingerprint density at radius 2 is 1.94 bits per heavy atom. The highest BCUT2D eigenvalue weighted by molar-refractivity contribution is 6.31. The largest absolute Gasteiger partial charge is 0.502 e. The van der Waals surface area contributed by atoms with Crippen LogP contribution in [0.25, 0.3) is 11.0 Å². The Labute approximate surface area is 180 Å². The van der Waals surface area contributed by atoms with Crippen molar-refractivity contribution in [2.45, 2.75) is 0 Å². The number of nitrogens with one attached hydrogen (secondary N) is 1. The molecular formula is C22H14ClN3O5. The van der Waals surface area contributed by atoms with Crippen molar-refractivity contribution in [3.63, 3.8) is 0 Å². The van der Waals surface area contributed by atoms with Crippen LogP contribution in [0, 0.1) is 10.1 Å². The lowest BCUT2D eigenvalue weighted by molar-refractivity contribution is -0.385. The number of nitro groups is 1. The molecule has 0 saturated carbocycles. The first kappa shape index (κ1) is 20.1. The zero-order valence-corrected chi connectivity index (χ0v) is 16.5. The van der Waals surface area contributed by atoms with E-state index in [-0.39, 0.29) is 16.3 Å². The smallest absolute Gasteiger partial charge is 0.312 e. The number of aliphatic imine (C=N–C) groups is 1. The van der Waals surface area contributed by atoms with E-state index in [2.05, 4.69) is 10.3 Å². The lowest BCUT2D eigenvalue weighted by Gasteiger charge is -2.04. The van der Waals surface area contributed by atoms with Gasteiger partial charge in [-0.05, 0) is 36.4 Å². The topological polar surface area (TPSA) is 118 Å². The minimum Gasteiger partial charge on any atom is -0.502 e. The molecule has 4 aromatic rings. The molecule has 0 aliphatic rings. The van der Waals surface area contributed by atoms with Gasteiger partial charge in [0.15, 0.2) is 5.76 Å². The number of carbonyl (C=O) groups excluding carboxylic acids is 1. The fourth-order valence-corrected chi connectivity index (χ4v) is 3.16. The predicted octanol–water partition coefficient (Wildman–Crippen LogP) is 5.70. The van der Waals surface area contributed by atoms with Crippen LogP contribution in [0.3, 0.4) is 0 Å². The molecule has 0 aliphatic heterocycles. The number of anilines is 1. The number of rotatable bonds is 5. The zero-order chi connectivity index (χ0) is 22.0. The number of benzene rings is 3. The molecule has 0 fully saturated rings. The summed E-state index contributed by atoms with van der Waals surface area (Å²) >= 11 is 5.88. The first-order chi connectivity index (χ1) is 14.9. The predicted molar refractivity (Wildman–Crippen MR) is 118 cm³/mol. The molecule has 1 amide bonds. The lowest BCUT2D eigenvalue weighted by Crippen LogP contribution is -2.10. The maximum atomic E-state index is 12.5. The van der Waals surface area contributed by atoms with Crippen molar-refractivity contribution in [1.29, 1.82) is 0 Å². The van der Waals surface area contributed by atoms with E-state index in [4.69, 9.17) is 16.0 Å². The molecule has 0 bridgehead atoms. The van der Waals surface area contributed by atoms with Crippen LogP contribution >= 0.6 is 11.6 Å². The number of hydrogen-bond donors (Lipinski definition) is 2. The molecule has 1 heterocycles. The summed E-state index contributed by atoms with van der Waals surface area (Å²) in [5.74, 6) is -0.779. The van der Waals surface area contributed by atoms with Crippen LogP contribution in [-0.2, 0) is 0 Å². The highest BCUT2D eigenvalue weighted by atomic mass is 35.5. The van der Waals surface area contributed by atoms with E-state index in [1.807, 2.05) is 18.2 Å². The van der Waals surface area contributed by atoms with Crippen LogP contribution in [0.15, 0.2) is 76.1 Å². The number of nitrogens with zero attached hydrogens (tertiary/aromatic N) is 2. The van der Waals surface area contributed by atoms with Gasteiger partial charge in [-0.15, -0.1) is 0 Å². The molecule has 4 rings (SSSR count). The van der Waals surface area contributed by atoms with E-state index in [0.29, 0.717) is 17.0 Å². The lowest BCUT2D eigenvalue weighted by atomic mass is 10.2. The van der Waals surface area contributed by atoms with E-state index < -0.39 is 22.3 Å². The van der Waals surface area contributed by atoms with Gasteiger partial charge in [-0.3, -0.25) is 19.9 Å². The number of phenols is 1. The van der Waals surface area contributed by atoms with E-state index >= 15 is 0 Å². The van der Waals surface area contributed by atoms with Gasteiger partial charge in [0.25, 0.3) is 5.91 Å². The van der Waals surface area contributed by atoms with Crippen molar-refractivity contribution in [1.82, 2.24) is 0 Å². The number of fused-ring (bicyclic) bond motifs is 1. The van der Waals surface area contributed by atoms with Gasteiger partial charge in [0.05, 0.1) is 10.6 Å². The molecule has 8 nitrogen and oxygen atoms in total. The van der Waals surface area contributed by atoms with Crippen LogP contribution in [0.1, 0.15) is 16.1 Å². The average molecular weight is 436 g/mol. The van der Waals surface area contributed by atoms with Gasteiger partial charge < -0.3 is 14.8 Å². The van der Waals surface area contributed by atoms with Gasteiger partial charge in [-0.2, -0.15) is 0 Å². The highest BCUT2D eigenvalue weighted by Gasteiger charge is 2.18. The summed E-state index contributed by atoms with van der Waals surface area (Å²) in [5.41, 5.74) is 1.11. The third kappa shape index (κ3) is 4.39. The first-order valence-corrected chi connectivity index (χ1v) is 9.39. The number of furan rings is 1. The fraction of sp³-hybridized carbons (Fsp3) is 0. The van der Waals surface area contributed by atoms with Gasteiger partial charge in [-0.1, -0.05) is 35.9 Å². The minimum absolute atomic E-state index is 0.0934. The summed E-state index contributed by atoms with van der Waals surface area (Å²) < 4.78 is 5.56. The molecule has 0 saturated heterocycles. The number of aromatic hydroxyl groups is 1. The van der Waals surface area contributed by atoms with E-state index in [0.717, 1.165) is 11.5 Å². The molecule has 154 valence electrons. The Morgan fingerprint density at radius 3 is 2.71 bits per heavy atom. The summed E-state index contributed by atoms with van der Waals surface area (Å²) in [4.78, 5) is 27.0. The minimum atomic E-state index is -0.729. The zero-order valence-electron chi connectivity index (χ0n) is 15.8. The Morgan fingerprint density at radius 1 is 1.13 bits per heavy atom. The van der Waals surface area contributed by atoms with E-state index in [1.165, 1.54) is 12.3 Å². The van der Waals surface area contributed by atoms with Gasteiger partial charge in [0, 0.05) is 33.9 Å². The van der Waals surface area contributed by atoms with Crippen molar-refractivity contribution in [2.24, 2.45) is 4.99 Å². The number of halogens is 1. The maximum Gasteiger partial charge on any atom is 0.312 e. The summed E-state index contributed by atoms with van der Waals surface area (Å²) in [5, 5.41) is 24.7. The van der Waals surface area contributed by atoms with Crippen molar-refractivity contribution < 1.29 is 19.2 Å². The first-order valence-electron chi connectivity index (χ1n) is 9.01. The highest BCUT2D eigenvalue weighted by Crippen LogP contribution is 2.32. The molecule has 1 aromatic heterocycles. The van der Waals surface area contributed by atoms with Gasteiger partial charge in [0.2, 0.25) is 5.75 Å². The quantitative estimate of drug-likeness (QED) is 0.236. The van der Waals surface area contributed by atoms with E-state index in [9.17, 15) is 20.0 Å². The molecule has 0 atom stereocenters. The number of nitro benzene ring substituents is 1. The Bertz CT molecular complexity index is 1310. The number of phenolic OH excluding ortho intramolecular Hbond substituents is 1. The standard InChI is InChI=1S/C22H14ClN3O5/c23-15-8-14(21(27)18(10-15)26(29)30)12-24-16-5-3-6-17(11-16)25-22(28)20-9-13-4-1-2-7-19(13)31-20/h1-12,27H,(H,25,28). The van der Waals surface area contributed by atoms with E-state index in [1.54, 1.807) is 36.4 Å². The van der Waals surface area contributed by atoms with Gasteiger partial charge in [0.1, 0.15) is 5.58 Å². The Hall–Kier alpha value is -4.17. The molecule has 0 spiro atoms. The van der Waals surface area contributed by atoms with Crippen molar-refractivity contribution in [3.8, 4) is 5.75 Å². The van der Waals surface area contributed by atoms with Crippen LogP contribution in [0.4, 0.5) is 17.1 Å². The van der Waals surface area contributed by atoms with Gasteiger partial charge in [-0.25, -0.2) is 0 Å². The second kappa shape index (κ2) is 8.29. The van der Waals surface area contributed by atoms with Crippen LogP contribution in [0.2, 0.25) is 5.02 Å². The molecule has 2 N–H and O–H groups in total. The summed E-state index contributed by atoms with van der Waals surface area (Å²) in [6.45, 7) is 0. The number of hydrogen-bond acceptors (Lipinski definition) is 6. The van der Waals surface area contributed by atoms with Crippen LogP contribution in [0.5, 0.6) is 5.75 Å². The van der Waals surface area contributed by atoms with Crippen LogP contribution < -0.4 is 5.32 Å². The molecular weight excluding hydrogens is 422 g/mol. The third-order valence-electron chi connectivity index (χ3n) is 4.39. The third-order valence-corrected chi connectivity index (χ3v) is 4.61. The number of carbonyl (C=O) groups is 1. The van der Waals surface area contributed by atoms with Crippen molar-refractivity contribution in [2.75, 3.05) is 5.32 Å². The monoisotopic (exact) mass is 435 g/mol. The SMILES string of the molecule is O=C(Nc1cccc(N=Cc2cc(Cl)cc([N+](=O)[O-])c2O)c1)c1cc2ccccc2o1. The summed E-state index contributed by atoms with van der Waals surface area (Å²) in [6.07, 6.45) is 1.26. The number of amides is 1. The molecule has 9 heteroatoms. The van der Waals surface area contributed by atoms with Crippen molar-refractivity contribution in [3.05, 3.63) is 93.2 Å². The summed E-state index contributed by atoms with van der Waals surface area (Å²) in [6, 6.07) is 18.0. The molecule has 0 radical (unpaired) electrons. The van der Waals surface area contributed by atoms with Crippen molar-refractivity contribution >= 4 is 51.8 Å². The Balaban J connectivity index is 1.55. The maximum absolute atomic E-state index is 12.5. The molecule has 3 aromatic carbocycles. The normalized spacial score (nSPS) is 11.1. The Kier molecular flexibility index (Phi) is 5.38. The second-order valence-corrected chi connectivity index (χ2v) is 6.97. The summed E-state index contributed by atoms with van der Waals surface area (Å²) in [7, 11) is 0. The second-order valence-electron chi connectivity index (χ2n) is 6.53. The molecule has 31 heavy (non-hydrogen) atoms. The van der Waals surface area contributed by atoms with Gasteiger partial charge >= 0.3 is 5.69 Å². The number of para-hydroxylation sites is 1. The molecule has 0 unspecified atom stereocenters. The average Bonchev–Trinajstić information content (AvgIpc) is 3.19. The molecule has 0 aliphatic carbocycles. The van der Waals surface area contributed by atoms with Crippen LogP contribution in [-0.4, -0.2) is 22.2 Å². The fourth-order valence-electron chi connectivity index (χ4n) is 2.94.